The molecule has 0 aromatic carbocycles. The van der Waals surface area contributed by atoms with E-state index in [1.165, 1.54) is 12.0 Å². The second kappa shape index (κ2) is 5.83. The summed E-state index contributed by atoms with van der Waals surface area (Å²) in [5.74, 6) is 0.693. The fourth-order valence-electron chi connectivity index (χ4n) is 1.77. The van der Waals surface area contributed by atoms with E-state index in [0.29, 0.717) is 17.4 Å². The Morgan fingerprint density at radius 2 is 2.00 bits per heavy atom. The molecule has 0 spiro atoms. The molecule has 0 aliphatic heterocycles. The molecule has 16 heavy (non-hydrogen) atoms. The van der Waals surface area contributed by atoms with Gasteiger partial charge < -0.3 is 5.32 Å². The van der Waals surface area contributed by atoms with Gasteiger partial charge in [0.05, 0.1) is 0 Å². The Morgan fingerprint density at radius 3 is 2.44 bits per heavy atom. The summed E-state index contributed by atoms with van der Waals surface area (Å²) in [6.07, 6.45) is 1.17. The minimum Gasteiger partial charge on any atom is -0.314 e. The molecule has 0 saturated carbocycles. The molecule has 92 valence electrons. The SMILES string of the molecule is CC(C)NCC(C)(Cc1ccsc1)C(C)C. The number of hydrogen-bond acceptors (Lipinski definition) is 2. The highest BCUT2D eigenvalue weighted by molar-refractivity contribution is 7.07. The van der Waals surface area contributed by atoms with Crippen LogP contribution >= 0.6 is 11.3 Å². The first kappa shape index (κ1) is 13.7. The van der Waals surface area contributed by atoms with E-state index >= 15 is 0 Å². The zero-order chi connectivity index (χ0) is 12.2. The van der Waals surface area contributed by atoms with Gasteiger partial charge in [0.2, 0.25) is 0 Å². The molecule has 1 aromatic rings. The van der Waals surface area contributed by atoms with Gasteiger partial charge in [-0.3, -0.25) is 0 Å². The van der Waals surface area contributed by atoms with Crippen LogP contribution in [0.15, 0.2) is 16.8 Å². The topological polar surface area (TPSA) is 12.0 Å². The van der Waals surface area contributed by atoms with E-state index in [0.717, 1.165) is 6.54 Å². The highest BCUT2D eigenvalue weighted by Gasteiger charge is 2.28. The highest BCUT2D eigenvalue weighted by atomic mass is 32.1. The van der Waals surface area contributed by atoms with Crippen LogP contribution in [0.3, 0.4) is 0 Å². The van der Waals surface area contributed by atoms with Gasteiger partial charge in [-0.15, -0.1) is 0 Å². The molecule has 1 aromatic heterocycles. The fourth-order valence-corrected chi connectivity index (χ4v) is 2.44. The number of rotatable bonds is 6. The van der Waals surface area contributed by atoms with Gasteiger partial charge in [-0.2, -0.15) is 11.3 Å². The van der Waals surface area contributed by atoms with E-state index in [4.69, 9.17) is 0 Å². The van der Waals surface area contributed by atoms with Crippen molar-refractivity contribution >= 4 is 11.3 Å². The maximum absolute atomic E-state index is 3.58. The largest absolute Gasteiger partial charge is 0.314 e. The van der Waals surface area contributed by atoms with Crippen molar-refractivity contribution in [2.75, 3.05) is 6.54 Å². The molecule has 1 rings (SSSR count). The summed E-state index contributed by atoms with van der Waals surface area (Å²) in [5, 5.41) is 8.03. The molecule has 0 fully saturated rings. The smallest absolute Gasteiger partial charge is 0.00132 e. The van der Waals surface area contributed by atoms with Gasteiger partial charge in [0.15, 0.2) is 0 Å². The minimum absolute atomic E-state index is 0.353. The zero-order valence-electron chi connectivity index (χ0n) is 11.2. The summed E-state index contributed by atoms with van der Waals surface area (Å²) in [6.45, 7) is 12.6. The molecule has 1 unspecified atom stereocenters. The van der Waals surface area contributed by atoms with Crippen LogP contribution < -0.4 is 5.32 Å². The highest BCUT2D eigenvalue weighted by Crippen LogP contribution is 2.31. The van der Waals surface area contributed by atoms with Crippen molar-refractivity contribution in [1.82, 2.24) is 5.32 Å². The molecule has 0 aliphatic carbocycles. The quantitative estimate of drug-likeness (QED) is 0.792. The average molecular weight is 239 g/mol. The van der Waals surface area contributed by atoms with Crippen molar-refractivity contribution < 1.29 is 0 Å². The monoisotopic (exact) mass is 239 g/mol. The van der Waals surface area contributed by atoms with Crippen molar-refractivity contribution in [1.29, 1.82) is 0 Å². The summed E-state index contributed by atoms with van der Waals surface area (Å²) in [5.41, 5.74) is 1.83. The molecule has 0 bridgehead atoms. The number of nitrogens with one attached hydrogen (secondary N) is 1. The van der Waals surface area contributed by atoms with Crippen LogP contribution in [-0.4, -0.2) is 12.6 Å². The molecule has 1 atom stereocenters. The lowest BCUT2D eigenvalue weighted by atomic mass is 9.74. The first-order chi connectivity index (χ1) is 7.44. The summed E-state index contributed by atoms with van der Waals surface area (Å²) in [4.78, 5) is 0. The molecular weight excluding hydrogens is 214 g/mol. The lowest BCUT2D eigenvalue weighted by Gasteiger charge is -2.35. The van der Waals surface area contributed by atoms with Crippen LogP contribution in [0, 0.1) is 11.3 Å². The van der Waals surface area contributed by atoms with Crippen LogP contribution in [0.5, 0.6) is 0 Å². The molecule has 2 heteroatoms. The summed E-state index contributed by atoms with van der Waals surface area (Å²) < 4.78 is 0. The van der Waals surface area contributed by atoms with E-state index in [1.54, 1.807) is 11.3 Å². The predicted octanol–water partition coefficient (Wildman–Crippen LogP) is 3.95. The van der Waals surface area contributed by atoms with Crippen LogP contribution in [0.2, 0.25) is 0 Å². The zero-order valence-corrected chi connectivity index (χ0v) is 12.0. The van der Waals surface area contributed by atoms with Crippen molar-refractivity contribution in [2.24, 2.45) is 11.3 Å². The first-order valence-corrected chi connectivity index (χ1v) is 7.13. The van der Waals surface area contributed by atoms with Crippen molar-refractivity contribution in [3.8, 4) is 0 Å². The Hall–Kier alpha value is -0.340. The van der Waals surface area contributed by atoms with E-state index in [-0.39, 0.29) is 0 Å². The second-order valence-corrected chi connectivity index (χ2v) is 6.43. The average Bonchev–Trinajstić information content (AvgIpc) is 2.67. The second-order valence-electron chi connectivity index (χ2n) is 5.65. The van der Waals surface area contributed by atoms with Crippen molar-refractivity contribution in [2.45, 2.75) is 47.1 Å². The first-order valence-electron chi connectivity index (χ1n) is 6.18. The van der Waals surface area contributed by atoms with Gasteiger partial charge in [-0.1, -0.05) is 34.6 Å². The van der Waals surface area contributed by atoms with E-state index in [2.05, 4.69) is 56.8 Å². The minimum atomic E-state index is 0.353. The van der Waals surface area contributed by atoms with Gasteiger partial charge >= 0.3 is 0 Å². The molecule has 0 radical (unpaired) electrons. The normalized spacial score (nSPS) is 15.7. The molecular formula is C14H25NS. The van der Waals surface area contributed by atoms with E-state index in [9.17, 15) is 0 Å². The van der Waals surface area contributed by atoms with Crippen LogP contribution in [0.4, 0.5) is 0 Å². The third kappa shape index (κ3) is 3.91. The molecule has 1 heterocycles. The van der Waals surface area contributed by atoms with Gasteiger partial charge in [-0.05, 0) is 40.1 Å². The summed E-state index contributed by atoms with van der Waals surface area (Å²) in [7, 11) is 0. The summed E-state index contributed by atoms with van der Waals surface area (Å²) >= 11 is 1.80. The Bertz CT molecular complexity index is 290. The van der Waals surface area contributed by atoms with Crippen LogP contribution in [0.25, 0.3) is 0 Å². The maximum atomic E-state index is 3.58. The lowest BCUT2D eigenvalue weighted by Crippen LogP contribution is -2.40. The summed E-state index contributed by atoms with van der Waals surface area (Å²) in [6, 6.07) is 2.82. The van der Waals surface area contributed by atoms with Crippen LogP contribution in [-0.2, 0) is 6.42 Å². The number of hydrogen-bond donors (Lipinski definition) is 1. The van der Waals surface area contributed by atoms with E-state index < -0.39 is 0 Å². The Labute approximate surface area is 104 Å². The standard InChI is InChI=1S/C14H25NS/c1-11(2)14(5,10-15-12(3)4)8-13-6-7-16-9-13/h6-7,9,11-12,15H,8,10H2,1-5H3. The predicted molar refractivity (Wildman–Crippen MR) is 74.1 cm³/mol. The Morgan fingerprint density at radius 1 is 1.31 bits per heavy atom. The molecule has 0 saturated heterocycles. The third-order valence-electron chi connectivity index (χ3n) is 3.50. The Balaban J connectivity index is 2.65. The van der Waals surface area contributed by atoms with Gasteiger partial charge in [-0.25, -0.2) is 0 Å². The third-order valence-corrected chi connectivity index (χ3v) is 4.23. The van der Waals surface area contributed by atoms with Gasteiger partial charge in [0.1, 0.15) is 0 Å². The lowest BCUT2D eigenvalue weighted by molar-refractivity contribution is 0.202. The maximum Gasteiger partial charge on any atom is 0.00132 e. The van der Waals surface area contributed by atoms with E-state index in [1.807, 2.05) is 0 Å². The van der Waals surface area contributed by atoms with Gasteiger partial charge in [0.25, 0.3) is 0 Å². The number of thiophene rings is 1. The van der Waals surface area contributed by atoms with Crippen molar-refractivity contribution in [3.05, 3.63) is 22.4 Å². The Kier molecular flexibility index (Phi) is 5.00. The molecule has 1 N–H and O–H groups in total. The molecule has 0 aliphatic rings. The molecule has 0 amide bonds. The van der Waals surface area contributed by atoms with Crippen molar-refractivity contribution in [3.63, 3.8) is 0 Å². The van der Waals surface area contributed by atoms with Gasteiger partial charge in [0, 0.05) is 12.6 Å². The fraction of sp³-hybridized carbons (Fsp3) is 0.714. The molecule has 1 nitrogen and oxygen atoms in total. The van der Waals surface area contributed by atoms with Crippen LogP contribution in [0.1, 0.15) is 40.2 Å².